The van der Waals surface area contributed by atoms with Crippen molar-refractivity contribution in [3.8, 4) is 11.1 Å². The molecule has 0 radical (unpaired) electrons. The number of halogens is 1. The van der Waals surface area contributed by atoms with Crippen LogP contribution in [0.15, 0.2) is 42.5 Å². The van der Waals surface area contributed by atoms with E-state index in [1.54, 1.807) is 6.92 Å². The molecular formula is C27H36ClN4O4+. The van der Waals surface area contributed by atoms with Crippen LogP contribution in [0.25, 0.3) is 11.1 Å². The van der Waals surface area contributed by atoms with Gasteiger partial charge in [0, 0.05) is 44.2 Å². The van der Waals surface area contributed by atoms with Crippen molar-refractivity contribution in [3.05, 3.63) is 53.6 Å². The van der Waals surface area contributed by atoms with Crippen molar-refractivity contribution in [2.24, 2.45) is 0 Å². The normalized spacial score (nSPS) is 23.4. The number of quaternary nitrogens is 1. The Hall–Kier alpha value is -2.94. The number of amides is 3. The summed E-state index contributed by atoms with van der Waals surface area (Å²) in [6.45, 7) is 8.32. The van der Waals surface area contributed by atoms with E-state index in [1.165, 1.54) is 4.90 Å². The first-order valence-electron chi connectivity index (χ1n) is 12.3. The second-order valence-electron chi connectivity index (χ2n) is 9.73. The summed E-state index contributed by atoms with van der Waals surface area (Å²) in [5, 5.41) is 13.0. The van der Waals surface area contributed by atoms with E-state index in [0.29, 0.717) is 32.6 Å². The van der Waals surface area contributed by atoms with Crippen molar-refractivity contribution in [1.82, 2.24) is 19.6 Å². The Bertz CT molecular complexity index is 1140. The molecule has 2 N–H and O–H groups in total. The van der Waals surface area contributed by atoms with E-state index in [0.717, 1.165) is 34.5 Å². The smallest absolute Gasteiger partial charge is 0.407 e. The summed E-state index contributed by atoms with van der Waals surface area (Å²) in [6.07, 6.45) is -0.378. The summed E-state index contributed by atoms with van der Waals surface area (Å²) in [5.41, 5.74) is 4.80. The largest absolute Gasteiger partial charge is 0.465 e. The van der Waals surface area contributed by atoms with Crippen LogP contribution in [-0.4, -0.2) is 72.1 Å². The van der Waals surface area contributed by atoms with Crippen LogP contribution in [0.1, 0.15) is 44.4 Å². The molecular weight excluding hydrogens is 480 g/mol. The maximum absolute atomic E-state index is 12.8. The number of piperazine rings is 1. The third-order valence-electron chi connectivity index (χ3n) is 7.80. The van der Waals surface area contributed by atoms with Crippen LogP contribution < -0.4 is 9.80 Å². The SMILES string of the molecule is CCN(C(=O)O)[C@@H]1C[C@H](C)[N+](C)(C(C)=O)c2ccc(-c3ccc(CN4CCNCC4=O)cc3)cc21.Cl. The van der Waals surface area contributed by atoms with Crippen molar-refractivity contribution in [3.63, 3.8) is 0 Å². The number of carboxylic acid groups (broad SMARTS) is 1. The molecule has 1 unspecified atom stereocenters. The fourth-order valence-corrected chi connectivity index (χ4v) is 5.42. The van der Waals surface area contributed by atoms with Crippen LogP contribution in [-0.2, 0) is 16.1 Å². The van der Waals surface area contributed by atoms with Crippen molar-refractivity contribution in [2.45, 2.75) is 45.8 Å². The topological polar surface area (TPSA) is 90.0 Å². The number of fused-ring (bicyclic) bond motifs is 1. The lowest BCUT2D eigenvalue weighted by Gasteiger charge is -2.45. The lowest BCUT2D eigenvalue weighted by atomic mass is 9.86. The van der Waals surface area contributed by atoms with Crippen molar-refractivity contribution in [2.75, 3.05) is 33.2 Å². The van der Waals surface area contributed by atoms with Crippen LogP contribution in [0.3, 0.4) is 0 Å². The van der Waals surface area contributed by atoms with E-state index in [2.05, 4.69) is 5.32 Å². The van der Waals surface area contributed by atoms with Crippen LogP contribution in [0.4, 0.5) is 10.5 Å². The van der Waals surface area contributed by atoms with Crippen molar-refractivity contribution in [1.29, 1.82) is 0 Å². The highest BCUT2D eigenvalue weighted by molar-refractivity contribution is 5.89. The average Bonchev–Trinajstić information content (AvgIpc) is 2.84. The maximum Gasteiger partial charge on any atom is 0.407 e. The molecule has 9 heteroatoms. The van der Waals surface area contributed by atoms with Gasteiger partial charge >= 0.3 is 12.0 Å². The molecule has 2 aliphatic rings. The molecule has 3 amide bonds. The lowest BCUT2D eigenvalue weighted by Crippen LogP contribution is -2.60. The fourth-order valence-electron chi connectivity index (χ4n) is 5.42. The number of nitrogens with zero attached hydrogens (tertiary/aromatic N) is 3. The number of nitrogens with one attached hydrogen (secondary N) is 1. The van der Waals surface area contributed by atoms with Crippen molar-refractivity contribution >= 4 is 36.0 Å². The molecule has 1 saturated heterocycles. The van der Waals surface area contributed by atoms with E-state index in [1.807, 2.05) is 68.3 Å². The highest BCUT2D eigenvalue weighted by Crippen LogP contribution is 2.45. The van der Waals surface area contributed by atoms with Gasteiger partial charge in [0.25, 0.3) is 0 Å². The maximum atomic E-state index is 12.8. The second-order valence-corrected chi connectivity index (χ2v) is 9.73. The van der Waals surface area contributed by atoms with Crippen molar-refractivity contribution < 1.29 is 19.5 Å². The van der Waals surface area contributed by atoms with Crippen LogP contribution in [0, 0.1) is 0 Å². The zero-order valence-corrected chi connectivity index (χ0v) is 22.2. The Morgan fingerprint density at radius 2 is 1.83 bits per heavy atom. The van der Waals surface area contributed by atoms with Gasteiger partial charge in [0.2, 0.25) is 5.91 Å². The second kappa shape index (κ2) is 11.0. The number of carbonyl (C=O) groups excluding carboxylic acids is 2. The molecule has 1 fully saturated rings. The van der Waals surface area contributed by atoms with Crippen LogP contribution in [0.2, 0.25) is 0 Å². The van der Waals surface area contributed by atoms with E-state index in [4.69, 9.17) is 0 Å². The summed E-state index contributed by atoms with van der Waals surface area (Å²) in [6, 6.07) is 13.8. The Morgan fingerprint density at radius 3 is 2.42 bits per heavy atom. The van der Waals surface area contributed by atoms with E-state index >= 15 is 0 Å². The van der Waals surface area contributed by atoms with Gasteiger partial charge in [0.05, 0.1) is 32.6 Å². The van der Waals surface area contributed by atoms with Gasteiger partial charge in [-0.2, -0.15) is 0 Å². The minimum atomic E-state index is -0.952. The van der Waals surface area contributed by atoms with E-state index in [-0.39, 0.29) is 40.8 Å². The predicted octanol–water partition coefficient (Wildman–Crippen LogP) is 4.02. The number of hydrogen-bond donors (Lipinski definition) is 2. The molecule has 194 valence electrons. The number of rotatable bonds is 5. The molecule has 36 heavy (non-hydrogen) atoms. The van der Waals surface area contributed by atoms with Gasteiger partial charge < -0.3 is 20.2 Å². The number of hydrogen-bond acceptors (Lipinski definition) is 4. The quantitative estimate of drug-likeness (QED) is 0.587. The van der Waals surface area contributed by atoms with Gasteiger partial charge in [-0.1, -0.05) is 24.3 Å². The highest BCUT2D eigenvalue weighted by Gasteiger charge is 2.47. The van der Waals surface area contributed by atoms with Crippen LogP contribution in [0.5, 0.6) is 0 Å². The molecule has 0 aliphatic carbocycles. The number of benzene rings is 2. The molecule has 8 nitrogen and oxygen atoms in total. The summed E-state index contributed by atoms with van der Waals surface area (Å²) in [4.78, 5) is 40.2. The van der Waals surface area contributed by atoms with Crippen LogP contribution >= 0.6 is 12.4 Å². The van der Waals surface area contributed by atoms with Gasteiger partial charge in [-0.25, -0.2) is 14.1 Å². The third kappa shape index (κ3) is 4.98. The standard InChI is InChI=1S/C27H34N4O4.ClH/c1-5-30(27(34)35)24-14-18(2)31(4,19(3)32)25-11-10-22(15-23(24)25)21-8-6-20(7-9-21)17-29-13-12-28-16-26(29)33;/h6-11,15,18,24,28H,5,12-14,16-17H2,1-4H3;1H/p+1/t18-,24+,31?;/m0./s1. The molecule has 2 aliphatic heterocycles. The molecule has 2 aromatic carbocycles. The van der Waals surface area contributed by atoms with Gasteiger partial charge in [-0.3, -0.25) is 4.79 Å². The summed E-state index contributed by atoms with van der Waals surface area (Å²) >= 11 is 0. The Labute approximate surface area is 218 Å². The first kappa shape index (κ1) is 27.6. The summed E-state index contributed by atoms with van der Waals surface area (Å²) in [5.74, 6) is 0.149. The minimum Gasteiger partial charge on any atom is -0.465 e. The monoisotopic (exact) mass is 515 g/mol. The Balaban J connectivity index is 0.00000361. The summed E-state index contributed by atoms with van der Waals surface area (Å²) in [7, 11) is 1.92. The van der Waals surface area contributed by atoms with E-state index in [9.17, 15) is 19.5 Å². The molecule has 2 aromatic rings. The van der Waals surface area contributed by atoms with E-state index < -0.39 is 6.09 Å². The lowest BCUT2D eigenvalue weighted by molar-refractivity contribution is -0.132. The molecule has 0 bridgehead atoms. The molecule has 0 aromatic heterocycles. The fraction of sp³-hybridized carbons (Fsp3) is 0.444. The first-order valence-corrected chi connectivity index (χ1v) is 12.3. The predicted molar refractivity (Wildman–Crippen MR) is 143 cm³/mol. The average molecular weight is 516 g/mol. The molecule has 0 spiro atoms. The zero-order chi connectivity index (χ0) is 25.3. The first-order chi connectivity index (χ1) is 16.7. The third-order valence-corrected chi connectivity index (χ3v) is 7.80. The van der Waals surface area contributed by atoms with Gasteiger partial charge in [-0.05, 0) is 42.7 Å². The zero-order valence-electron chi connectivity index (χ0n) is 21.4. The van der Waals surface area contributed by atoms with Gasteiger partial charge in [0.1, 0.15) is 5.69 Å². The molecule has 4 rings (SSSR count). The minimum absolute atomic E-state index is 0. The molecule has 2 heterocycles. The Morgan fingerprint density at radius 1 is 1.17 bits per heavy atom. The molecule has 3 atom stereocenters. The van der Waals surface area contributed by atoms with Gasteiger partial charge in [0.15, 0.2) is 0 Å². The molecule has 0 saturated carbocycles. The number of carbonyl (C=O) groups is 3. The summed E-state index contributed by atoms with van der Waals surface area (Å²) < 4.78 is 0.154. The Kier molecular flexibility index (Phi) is 8.44. The van der Waals surface area contributed by atoms with Gasteiger partial charge in [-0.15, -0.1) is 12.4 Å². The highest BCUT2D eigenvalue weighted by atomic mass is 35.5.